The zero-order valence-electron chi connectivity index (χ0n) is 17.4. The molecule has 33 heavy (non-hydrogen) atoms. The van der Waals surface area contributed by atoms with Crippen LogP contribution in [0.4, 0.5) is 8.78 Å². The molecule has 1 N–H and O–H groups in total. The number of amides is 1. The van der Waals surface area contributed by atoms with Crippen molar-refractivity contribution in [2.75, 3.05) is 6.61 Å². The second kappa shape index (κ2) is 11.2. The molecular formula is C24H18BrF2N3O3. The predicted molar refractivity (Wildman–Crippen MR) is 122 cm³/mol. The molecule has 0 fully saturated rings. The Balaban J connectivity index is 1.72. The fraction of sp³-hybridized carbons (Fsp3) is 0.125. The molecule has 1 amide bonds. The van der Waals surface area contributed by atoms with Gasteiger partial charge in [0, 0.05) is 0 Å². The van der Waals surface area contributed by atoms with E-state index in [-0.39, 0.29) is 23.6 Å². The van der Waals surface area contributed by atoms with Gasteiger partial charge in [0.1, 0.15) is 18.2 Å². The Morgan fingerprint density at radius 2 is 1.91 bits per heavy atom. The number of benzene rings is 3. The summed E-state index contributed by atoms with van der Waals surface area (Å²) < 4.78 is 39.2. The molecule has 0 unspecified atom stereocenters. The Labute approximate surface area is 197 Å². The molecule has 9 heteroatoms. The summed E-state index contributed by atoms with van der Waals surface area (Å²) in [6.45, 7) is 2.41. The van der Waals surface area contributed by atoms with E-state index in [1.165, 1.54) is 30.5 Å². The molecule has 0 saturated heterocycles. The Bertz CT molecular complexity index is 1220. The first kappa shape index (κ1) is 23.9. The van der Waals surface area contributed by atoms with Crippen LogP contribution in [-0.2, 0) is 6.61 Å². The highest BCUT2D eigenvalue weighted by Gasteiger charge is 2.14. The minimum Gasteiger partial charge on any atom is -0.490 e. The lowest BCUT2D eigenvalue weighted by Crippen LogP contribution is -2.19. The number of hydrazone groups is 1. The van der Waals surface area contributed by atoms with E-state index in [0.29, 0.717) is 28.1 Å². The fourth-order valence-electron chi connectivity index (χ4n) is 2.80. The molecule has 0 aliphatic heterocycles. The highest BCUT2D eigenvalue weighted by Crippen LogP contribution is 2.37. The first-order valence-electron chi connectivity index (χ1n) is 9.78. The summed E-state index contributed by atoms with van der Waals surface area (Å²) in [5.41, 5.74) is 3.51. The molecule has 6 nitrogen and oxygen atoms in total. The summed E-state index contributed by atoms with van der Waals surface area (Å²) >= 11 is 3.44. The molecule has 0 aromatic heterocycles. The number of ether oxygens (including phenoxy) is 2. The Morgan fingerprint density at radius 3 is 2.58 bits per heavy atom. The van der Waals surface area contributed by atoms with E-state index in [2.05, 4.69) is 26.5 Å². The molecule has 0 saturated carbocycles. The number of hydrogen-bond donors (Lipinski definition) is 1. The molecule has 3 aromatic rings. The van der Waals surface area contributed by atoms with E-state index in [9.17, 15) is 13.6 Å². The van der Waals surface area contributed by atoms with Crippen molar-refractivity contribution in [2.45, 2.75) is 13.5 Å². The topological polar surface area (TPSA) is 83.7 Å². The number of hydrogen-bond acceptors (Lipinski definition) is 5. The van der Waals surface area contributed by atoms with Gasteiger partial charge in [-0.1, -0.05) is 12.1 Å². The maximum absolute atomic E-state index is 14.0. The largest absolute Gasteiger partial charge is 0.490 e. The minimum atomic E-state index is -0.814. The number of nitriles is 1. The lowest BCUT2D eigenvalue weighted by molar-refractivity contribution is 0.0951. The molecule has 0 aliphatic carbocycles. The van der Waals surface area contributed by atoms with E-state index < -0.39 is 11.7 Å². The summed E-state index contributed by atoms with van der Waals surface area (Å²) in [5.74, 6) is -0.989. The second-order valence-electron chi connectivity index (χ2n) is 6.68. The highest BCUT2D eigenvalue weighted by molar-refractivity contribution is 9.10. The molecule has 168 valence electrons. The van der Waals surface area contributed by atoms with Crippen molar-refractivity contribution in [2.24, 2.45) is 5.10 Å². The van der Waals surface area contributed by atoms with Gasteiger partial charge in [0.05, 0.1) is 34.5 Å². The van der Waals surface area contributed by atoms with Crippen molar-refractivity contribution in [3.8, 4) is 17.6 Å². The van der Waals surface area contributed by atoms with Crippen LogP contribution in [0.2, 0.25) is 0 Å². The minimum absolute atomic E-state index is 0.114. The van der Waals surface area contributed by atoms with Crippen LogP contribution in [-0.4, -0.2) is 18.7 Å². The molecular weight excluding hydrogens is 496 g/mol. The molecule has 3 rings (SSSR count). The maximum Gasteiger partial charge on any atom is 0.274 e. The van der Waals surface area contributed by atoms with Crippen LogP contribution in [0.15, 0.2) is 64.2 Å². The molecule has 0 heterocycles. The molecule has 0 bridgehead atoms. The lowest BCUT2D eigenvalue weighted by Gasteiger charge is -2.14. The van der Waals surface area contributed by atoms with Gasteiger partial charge in [0.25, 0.3) is 5.91 Å². The zero-order valence-corrected chi connectivity index (χ0v) is 19.0. The summed E-state index contributed by atoms with van der Waals surface area (Å²) in [4.78, 5) is 12.2. The number of rotatable bonds is 8. The van der Waals surface area contributed by atoms with Gasteiger partial charge >= 0.3 is 0 Å². The van der Waals surface area contributed by atoms with Gasteiger partial charge in [-0.15, -0.1) is 0 Å². The monoisotopic (exact) mass is 513 g/mol. The molecule has 3 aromatic carbocycles. The third-order valence-electron chi connectivity index (χ3n) is 4.35. The Kier molecular flexibility index (Phi) is 8.11. The average Bonchev–Trinajstić information content (AvgIpc) is 2.79. The van der Waals surface area contributed by atoms with Crippen LogP contribution in [0.25, 0.3) is 0 Å². The Morgan fingerprint density at radius 1 is 1.15 bits per heavy atom. The van der Waals surface area contributed by atoms with Gasteiger partial charge in [-0.25, -0.2) is 14.2 Å². The van der Waals surface area contributed by atoms with Crippen molar-refractivity contribution < 1.29 is 23.0 Å². The summed E-state index contributed by atoms with van der Waals surface area (Å²) in [7, 11) is 0. The molecule has 0 radical (unpaired) electrons. The van der Waals surface area contributed by atoms with Gasteiger partial charge in [0.2, 0.25) is 0 Å². The average molecular weight is 514 g/mol. The first-order valence-corrected chi connectivity index (χ1v) is 10.6. The van der Waals surface area contributed by atoms with Gasteiger partial charge in [0.15, 0.2) is 11.5 Å². The van der Waals surface area contributed by atoms with E-state index in [1.54, 1.807) is 30.3 Å². The number of nitrogens with one attached hydrogen (secondary N) is 1. The van der Waals surface area contributed by atoms with E-state index in [0.717, 1.165) is 11.6 Å². The van der Waals surface area contributed by atoms with Gasteiger partial charge in [-0.3, -0.25) is 4.79 Å². The molecule has 0 atom stereocenters. The van der Waals surface area contributed by atoms with Crippen LogP contribution >= 0.6 is 15.9 Å². The quantitative estimate of drug-likeness (QED) is 0.325. The van der Waals surface area contributed by atoms with Gasteiger partial charge < -0.3 is 9.47 Å². The summed E-state index contributed by atoms with van der Waals surface area (Å²) in [5, 5.41) is 12.7. The molecule has 0 aliphatic rings. The number of carbonyl (C=O) groups excluding carboxylic acids is 1. The second-order valence-corrected chi connectivity index (χ2v) is 7.54. The summed E-state index contributed by atoms with van der Waals surface area (Å²) in [6.07, 6.45) is 1.37. The number of nitrogens with zero attached hydrogens (tertiary/aromatic N) is 2. The van der Waals surface area contributed by atoms with Crippen LogP contribution in [0, 0.1) is 23.0 Å². The fourth-order valence-corrected chi connectivity index (χ4v) is 3.37. The zero-order chi connectivity index (χ0) is 23.8. The van der Waals surface area contributed by atoms with Gasteiger partial charge in [-0.2, -0.15) is 10.4 Å². The van der Waals surface area contributed by atoms with E-state index in [1.807, 2.05) is 6.92 Å². The van der Waals surface area contributed by atoms with E-state index in [4.69, 9.17) is 14.7 Å². The SMILES string of the molecule is CCOc1cc(/C=N\NC(=O)c2ccc(C#N)cc2F)cc(Br)c1OCc1ccc(F)cc1. The lowest BCUT2D eigenvalue weighted by atomic mass is 10.1. The van der Waals surface area contributed by atoms with Gasteiger partial charge in [-0.05, 0) is 76.4 Å². The van der Waals surface area contributed by atoms with Crippen molar-refractivity contribution >= 4 is 28.1 Å². The van der Waals surface area contributed by atoms with Crippen LogP contribution < -0.4 is 14.9 Å². The highest BCUT2D eigenvalue weighted by atomic mass is 79.9. The predicted octanol–water partition coefficient (Wildman–Crippen LogP) is 5.34. The number of carbonyl (C=O) groups is 1. The van der Waals surface area contributed by atoms with Crippen molar-refractivity contribution in [1.29, 1.82) is 5.26 Å². The number of halogens is 3. The van der Waals surface area contributed by atoms with E-state index >= 15 is 0 Å². The maximum atomic E-state index is 14.0. The smallest absolute Gasteiger partial charge is 0.274 e. The Hall–Kier alpha value is -3.77. The standard InChI is InChI=1S/C24H18BrF2N3O3/c1-2-32-22-11-17(9-20(25)23(22)33-14-15-3-6-18(26)7-4-15)13-29-30-24(31)19-8-5-16(12-28)10-21(19)27/h3-11,13H,2,14H2,1H3,(H,30,31)/b29-13-. The van der Waals surface area contributed by atoms with Crippen molar-refractivity contribution in [1.82, 2.24) is 5.43 Å². The van der Waals surface area contributed by atoms with Crippen LogP contribution in [0.3, 0.4) is 0 Å². The third-order valence-corrected chi connectivity index (χ3v) is 4.94. The first-order chi connectivity index (χ1) is 15.9. The van der Waals surface area contributed by atoms with Crippen LogP contribution in [0.1, 0.15) is 34.0 Å². The third kappa shape index (κ3) is 6.37. The van der Waals surface area contributed by atoms with Crippen molar-refractivity contribution in [3.63, 3.8) is 0 Å². The summed E-state index contributed by atoms with van der Waals surface area (Å²) in [6, 6.07) is 14.7. The molecule has 0 spiro atoms. The van der Waals surface area contributed by atoms with Crippen LogP contribution in [0.5, 0.6) is 11.5 Å². The normalized spacial score (nSPS) is 10.6. The van der Waals surface area contributed by atoms with Crippen molar-refractivity contribution in [3.05, 3.63) is 93.0 Å².